The predicted octanol–water partition coefficient (Wildman–Crippen LogP) is 3.02. The minimum Gasteiger partial charge on any atom is -0.477 e. The number of amides is 1. The number of carbonyl (C=O) groups excluding carboxylic acids is 1. The van der Waals surface area contributed by atoms with Crippen molar-refractivity contribution in [1.82, 2.24) is 14.3 Å². The van der Waals surface area contributed by atoms with E-state index in [1.165, 1.54) is 39.4 Å². The van der Waals surface area contributed by atoms with E-state index in [9.17, 15) is 13.2 Å². The number of pyridine rings is 1. The molecule has 30 heavy (non-hydrogen) atoms. The third-order valence-electron chi connectivity index (χ3n) is 5.74. The molecule has 9 heteroatoms. The van der Waals surface area contributed by atoms with Crippen LogP contribution in [0.3, 0.4) is 0 Å². The monoisotopic (exact) mass is 430 g/mol. The lowest BCUT2D eigenvalue weighted by atomic mass is 9.90. The number of hydrogen-bond acceptors (Lipinski definition) is 5. The Labute approximate surface area is 175 Å². The van der Waals surface area contributed by atoms with Crippen molar-refractivity contribution < 1.29 is 17.9 Å². The summed E-state index contributed by atoms with van der Waals surface area (Å²) in [6.45, 7) is 0.541. The van der Waals surface area contributed by atoms with Crippen molar-refractivity contribution in [2.24, 2.45) is 11.7 Å². The number of hydrogen-bond donors (Lipinski definition) is 2. The van der Waals surface area contributed by atoms with Gasteiger partial charge in [0.25, 0.3) is 5.91 Å². The highest BCUT2D eigenvalue weighted by atomic mass is 32.2. The maximum Gasteiger partial charge on any atom is 0.269 e. The van der Waals surface area contributed by atoms with Gasteiger partial charge >= 0.3 is 0 Å². The smallest absolute Gasteiger partial charge is 0.269 e. The summed E-state index contributed by atoms with van der Waals surface area (Å²) >= 11 is 0. The summed E-state index contributed by atoms with van der Waals surface area (Å²) in [5, 5.41) is 1.32. The van der Waals surface area contributed by atoms with Gasteiger partial charge in [0.05, 0.1) is 17.0 Å². The number of H-pyrrole nitrogens is 1. The van der Waals surface area contributed by atoms with Crippen LogP contribution in [0.4, 0.5) is 0 Å². The van der Waals surface area contributed by atoms with Crippen LogP contribution in [0.25, 0.3) is 21.8 Å². The molecule has 1 aliphatic carbocycles. The fourth-order valence-electron chi connectivity index (χ4n) is 4.03. The summed E-state index contributed by atoms with van der Waals surface area (Å²) in [6.07, 6.45) is 5.94. The number of ether oxygens (including phenoxy) is 1. The predicted molar refractivity (Wildman–Crippen MR) is 115 cm³/mol. The molecule has 1 amide bonds. The van der Waals surface area contributed by atoms with Crippen molar-refractivity contribution in [2.45, 2.75) is 37.0 Å². The average Bonchev–Trinajstić information content (AvgIpc) is 3.10. The maximum atomic E-state index is 12.6. The summed E-state index contributed by atoms with van der Waals surface area (Å²) in [5.74, 6) is 0.132. The molecule has 1 fully saturated rings. The van der Waals surface area contributed by atoms with Gasteiger partial charge in [-0.1, -0.05) is 19.3 Å². The minimum atomic E-state index is -3.60. The average molecular weight is 431 g/mol. The minimum absolute atomic E-state index is 0.0827. The molecule has 8 nitrogen and oxygen atoms in total. The quantitative estimate of drug-likeness (QED) is 0.623. The number of sulfonamides is 1. The van der Waals surface area contributed by atoms with E-state index in [1.807, 2.05) is 0 Å². The molecule has 0 spiro atoms. The van der Waals surface area contributed by atoms with Crippen LogP contribution >= 0.6 is 0 Å². The van der Waals surface area contributed by atoms with Crippen molar-refractivity contribution in [3.8, 4) is 5.88 Å². The highest BCUT2D eigenvalue weighted by Crippen LogP contribution is 2.32. The Kier molecular flexibility index (Phi) is 5.42. The lowest BCUT2D eigenvalue weighted by Crippen LogP contribution is -2.22. The zero-order chi connectivity index (χ0) is 21.5. The van der Waals surface area contributed by atoms with E-state index in [4.69, 9.17) is 10.5 Å². The molecular weight excluding hydrogens is 404 g/mol. The SMILES string of the molecule is CN(C)S(=O)(=O)c1ccc2[nH]c3c(C(N)=O)nc(OCC4CCCCC4)cc3c2c1. The van der Waals surface area contributed by atoms with E-state index >= 15 is 0 Å². The third-order valence-corrected chi connectivity index (χ3v) is 7.55. The van der Waals surface area contributed by atoms with Gasteiger partial charge < -0.3 is 15.5 Å². The molecule has 2 aromatic heterocycles. The first-order valence-corrected chi connectivity index (χ1v) is 11.5. The molecule has 160 valence electrons. The Balaban J connectivity index is 1.80. The van der Waals surface area contributed by atoms with Crippen LogP contribution in [-0.2, 0) is 10.0 Å². The lowest BCUT2D eigenvalue weighted by molar-refractivity contribution is 0.0995. The molecule has 1 aliphatic rings. The third kappa shape index (κ3) is 3.75. The Morgan fingerprint density at radius 2 is 1.93 bits per heavy atom. The number of nitrogens with zero attached hydrogens (tertiary/aromatic N) is 2. The van der Waals surface area contributed by atoms with Crippen LogP contribution in [0, 0.1) is 5.92 Å². The number of benzene rings is 1. The summed E-state index contributed by atoms with van der Waals surface area (Å²) in [7, 11) is -0.621. The normalized spacial score (nSPS) is 15.8. The van der Waals surface area contributed by atoms with Crippen LogP contribution in [0.15, 0.2) is 29.2 Å². The van der Waals surface area contributed by atoms with Crippen molar-refractivity contribution >= 4 is 37.7 Å². The number of aromatic nitrogens is 2. The zero-order valence-corrected chi connectivity index (χ0v) is 18.0. The van der Waals surface area contributed by atoms with Gasteiger partial charge in [0.15, 0.2) is 5.69 Å². The number of fused-ring (bicyclic) bond motifs is 3. The first kappa shape index (κ1) is 20.6. The number of nitrogens with two attached hydrogens (primary N) is 1. The number of carbonyl (C=O) groups is 1. The molecule has 1 saturated carbocycles. The number of primary amides is 1. The fourth-order valence-corrected chi connectivity index (χ4v) is 4.96. The van der Waals surface area contributed by atoms with Gasteiger partial charge in [0.1, 0.15) is 0 Å². The van der Waals surface area contributed by atoms with Gasteiger partial charge in [-0.3, -0.25) is 4.79 Å². The molecule has 0 radical (unpaired) electrons. The van der Waals surface area contributed by atoms with E-state index in [0.717, 1.165) is 17.1 Å². The lowest BCUT2D eigenvalue weighted by Gasteiger charge is -2.21. The van der Waals surface area contributed by atoms with Gasteiger partial charge in [-0.15, -0.1) is 0 Å². The highest BCUT2D eigenvalue weighted by Gasteiger charge is 2.21. The van der Waals surface area contributed by atoms with E-state index in [-0.39, 0.29) is 10.6 Å². The molecule has 0 atom stereocenters. The Morgan fingerprint density at radius 3 is 2.60 bits per heavy atom. The maximum absolute atomic E-state index is 12.6. The Hall–Kier alpha value is -2.65. The van der Waals surface area contributed by atoms with Crippen molar-refractivity contribution in [2.75, 3.05) is 20.7 Å². The van der Waals surface area contributed by atoms with Crippen LogP contribution in [-0.4, -0.2) is 49.3 Å². The van der Waals surface area contributed by atoms with E-state index in [2.05, 4.69) is 9.97 Å². The molecule has 4 rings (SSSR count). The molecular formula is C21H26N4O4S. The molecule has 1 aromatic carbocycles. The number of nitrogens with one attached hydrogen (secondary N) is 1. The molecule has 0 saturated heterocycles. The first-order valence-electron chi connectivity index (χ1n) is 10.1. The number of aromatic amines is 1. The molecule has 2 heterocycles. The second-order valence-electron chi connectivity index (χ2n) is 8.03. The van der Waals surface area contributed by atoms with Gasteiger partial charge in [-0.05, 0) is 37.0 Å². The molecule has 0 unspecified atom stereocenters. The van der Waals surface area contributed by atoms with Gasteiger partial charge in [-0.25, -0.2) is 17.7 Å². The van der Waals surface area contributed by atoms with Crippen LogP contribution in [0.1, 0.15) is 42.6 Å². The largest absolute Gasteiger partial charge is 0.477 e. The molecule has 0 aliphatic heterocycles. The van der Waals surface area contributed by atoms with Crippen molar-refractivity contribution in [3.05, 3.63) is 30.0 Å². The van der Waals surface area contributed by atoms with E-state index in [1.54, 1.807) is 18.2 Å². The van der Waals surface area contributed by atoms with Crippen LogP contribution in [0.5, 0.6) is 5.88 Å². The van der Waals surface area contributed by atoms with Crippen LogP contribution < -0.4 is 10.5 Å². The summed E-state index contributed by atoms with van der Waals surface area (Å²) in [5.41, 5.74) is 6.82. The van der Waals surface area contributed by atoms with Gasteiger partial charge in [0, 0.05) is 36.5 Å². The standard InChI is InChI=1S/C21H26N4O4S/c1-25(2)30(27,28)14-8-9-17-15(10-14)16-11-18(24-20(21(22)26)19(16)23-17)29-12-13-6-4-3-5-7-13/h8-11,13,23H,3-7,12H2,1-2H3,(H2,22,26). The number of rotatable bonds is 6. The van der Waals surface area contributed by atoms with Gasteiger partial charge in [-0.2, -0.15) is 0 Å². The zero-order valence-electron chi connectivity index (χ0n) is 17.1. The van der Waals surface area contributed by atoms with Crippen molar-refractivity contribution in [1.29, 1.82) is 0 Å². The Bertz CT molecular complexity index is 1210. The second-order valence-corrected chi connectivity index (χ2v) is 10.2. The van der Waals surface area contributed by atoms with Crippen LogP contribution in [0.2, 0.25) is 0 Å². The highest BCUT2D eigenvalue weighted by molar-refractivity contribution is 7.89. The summed E-state index contributed by atoms with van der Waals surface area (Å²) in [6, 6.07) is 6.55. The van der Waals surface area contributed by atoms with Crippen molar-refractivity contribution in [3.63, 3.8) is 0 Å². The second kappa shape index (κ2) is 7.88. The fraction of sp³-hybridized carbons (Fsp3) is 0.429. The first-order chi connectivity index (χ1) is 14.3. The Morgan fingerprint density at radius 1 is 1.20 bits per heavy atom. The van der Waals surface area contributed by atoms with E-state index in [0.29, 0.717) is 40.2 Å². The molecule has 3 N–H and O–H groups in total. The molecule has 0 bridgehead atoms. The molecule has 3 aromatic rings. The van der Waals surface area contributed by atoms with E-state index < -0.39 is 15.9 Å². The topological polar surface area (TPSA) is 118 Å². The summed E-state index contributed by atoms with van der Waals surface area (Å²) in [4.78, 5) is 19.7. The van der Waals surface area contributed by atoms with Gasteiger partial charge in [0.2, 0.25) is 15.9 Å². The summed E-state index contributed by atoms with van der Waals surface area (Å²) < 4.78 is 32.2.